The van der Waals surface area contributed by atoms with Crippen molar-refractivity contribution in [3.05, 3.63) is 95.8 Å². The van der Waals surface area contributed by atoms with E-state index in [9.17, 15) is 18.0 Å². The predicted octanol–water partition coefficient (Wildman–Crippen LogP) is 3.86. The van der Waals surface area contributed by atoms with Crippen LogP contribution >= 0.6 is 0 Å². The van der Waals surface area contributed by atoms with Crippen molar-refractivity contribution in [1.82, 2.24) is 20.1 Å². The fourth-order valence-electron chi connectivity index (χ4n) is 5.83. The summed E-state index contributed by atoms with van der Waals surface area (Å²) in [4.78, 5) is 35.0. The molecule has 2 saturated heterocycles. The van der Waals surface area contributed by atoms with Gasteiger partial charge in [0.15, 0.2) is 9.84 Å². The maximum atomic E-state index is 13.5. The summed E-state index contributed by atoms with van der Waals surface area (Å²) in [5.41, 5.74) is 2.24. The van der Waals surface area contributed by atoms with Crippen LogP contribution in [0.5, 0.6) is 0 Å². The van der Waals surface area contributed by atoms with Crippen LogP contribution in [0.1, 0.15) is 53.2 Å². The summed E-state index contributed by atoms with van der Waals surface area (Å²) >= 11 is 0. The van der Waals surface area contributed by atoms with E-state index >= 15 is 0 Å². The van der Waals surface area contributed by atoms with Gasteiger partial charge in [-0.1, -0.05) is 42.5 Å². The van der Waals surface area contributed by atoms with Gasteiger partial charge in [0.25, 0.3) is 5.91 Å². The lowest BCUT2D eigenvalue weighted by atomic mass is 9.77. The molecule has 3 aromatic rings. The van der Waals surface area contributed by atoms with Gasteiger partial charge in [-0.25, -0.2) is 8.42 Å². The molecule has 210 valence electrons. The third kappa shape index (κ3) is 6.42. The molecule has 0 saturated carbocycles. The summed E-state index contributed by atoms with van der Waals surface area (Å²) < 4.78 is 23.5. The minimum Gasteiger partial charge on any atom is -0.345 e. The normalized spacial score (nSPS) is 18.1. The summed E-state index contributed by atoms with van der Waals surface area (Å²) in [5, 5.41) is 3.19. The van der Waals surface area contributed by atoms with Gasteiger partial charge in [0.05, 0.1) is 21.9 Å². The van der Waals surface area contributed by atoms with Gasteiger partial charge >= 0.3 is 0 Å². The van der Waals surface area contributed by atoms with Crippen LogP contribution < -0.4 is 5.32 Å². The summed E-state index contributed by atoms with van der Waals surface area (Å²) in [6, 6.07) is 20.3. The quantitative estimate of drug-likeness (QED) is 0.427. The molecule has 2 fully saturated rings. The Labute approximate surface area is 236 Å². The first-order chi connectivity index (χ1) is 19.2. The summed E-state index contributed by atoms with van der Waals surface area (Å²) in [6.45, 7) is 3.75. The van der Waals surface area contributed by atoms with E-state index in [2.05, 4.69) is 15.2 Å². The monoisotopic (exact) mass is 560 g/mol. The second-order valence-electron chi connectivity index (χ2n) is 11.0. The number of carbonyl (C=O) groups is 2. The molecule has 40 heavy (non-hydrogen) atoms. The molecule has 0 bridgehead atoms. The number of carbonyl (C=O) groups excluding carboxylic acids is 2. The first-order valence-electron chi connectivity index (χ1n) is 13.8. The van der Waals surface area contributed by atoms with Crippen LogP contribution in [0.15, 0.2) is 84.0 Å². The predicted molar refractivity (Wildman–Crippen MR) is 153 cm³/mol. The fraction of sp³-hybridized carbons (Fsp3) is 0.387. The van der Waals surface area contributed by atoms with E-state index in [-0.39, 0.29) is 23.3 Å². The SMILES string of the molecule is CS(=O)(=O)c1ccc(CN2CCC3(CCN(CC[C@H](NC(=O)c4cccnc4)c4ccccc4)CC3)C2=O)cc1. The number of benzene rings is 2. The van der Waals surface area contributed by atoms with Crippen LogP contribution in [-0.2, 0) is 21.2 Å². The van der Waals surface area contributed by atoms with Gasteiger partial charge in [0.2, 0.25) is 5.91 Å². The number of piperidine rings is 1. The van der Waals surface area contributed by atoms with Crippen LogP contribution in [0.2, 0.25) is 0 Å². The van der Waals surface area contributed by atoms with E-state index in [0.29, 0.717) is 17.0 Å². The van der Waals surface area contributed by atoms with Crippen molar-refractivity contribution < 1.29 is 18.0 Å². The average Bonchev–Trinajstić information content (AvgIpc) is 3.26. The van der Waals surface area contributed by atoms with Gasteiger partial charge in [-0.3, -0.25) is 14.6 Å². The number of hydrogen-bond donors (Lipinski definition) is 1. The molecule has 1 atom stereocenters. The number of rotatable bonds is 9. The van der Waals surface area contributed by atoms with Gasteiger partial charge in [-0.05, 0) is 74.2 Å². The first kappa shape index (κ1) is 28.0. The summed E-state index contributed by atoms with van der Waals surface area (Å²) in [6.07, 6.45) is 7.71. The van der Waals surface area contributed by atoms with Crippen molar-refractivity contribution in [3.63, 3.8) is 0 Å². The van der Waals surface area contributed by atoms with E-state index in [4.69, 9.17) is 0 Å². The van der Waals surface area contributed by atoms with Gasteiger partial charge in [0.1, 0.15) is 0 Å². The van der Waals surface area contributed by atoms with Crippen LogP contribution in [-0.4, -0.2) is 67.5 Å². The number of pyridine rings is 1. The lowest BCUT2D eigenvalue weighted by Crippen LogP contribution is -2.45. The summed E-state index contributed by atoms with van der Waals surface area (Å²) in [5.74, 6) is 0.0763. The zero-order chi connectivity index (χ0) is 28.2. The van der Waals surface area contributed by atoms with Crippen LogP contribution in [0, 0.1) is 5.41 Å². The smallest absolute Gasteiger partial charge is 0.253 e. The van der Waals surface area contributed by atoms with Crippen LogP contribution in [0.3, 0.4) is 0 Å². The zero-order valence-corrected chi connectivity index (χ0v) is 23.6. The molecule has 1 spiro atoms. The third-order valence-corrected chi connectivity index (χ3v) is 9.43. The van der Waals surface area contributed by atoms with E-state index < -0.39 is 9.84 Å². The Bertz CT molecular complexity index is 1420. The molecule has 1 aromatic heterocycles. The number of amides is 2. The molecule has 0 radical (unpaired) electrons. The number of sulfone groups is 1. The number of nitrogens with zero attached hydrogens (tertiary/aromatic N) is 3. The minimum atomic E-state index is -3.24. The average molecular weight is 561 g/mol. The molecule has 2 aliphatic heterocycles. The lowest BCUT2D eigenvalue weighted by Gasteiger charge is -2.38. The second-order valence-corrected chi connectivity index (χ2v) is 13.0. The molecule has 0 unspecified atom stereocenters. The van der Waals surface area contributed by atoms with Gasteiger partial charge in [0, 0.05) is 38.3 Å². The molecular formula is C31H36N4O4S. The Morgan fingerprint density at radius 3 is 2.33 bits per heavy atom. The molecule has 5 rings (SSSR count). The molecule has 3 heterocycles. The van der Waals surface area contributed by atoms with Gasteiger partial charge in [-0.2, -0.15) is 0 Å². The largest absolute Gasteiger partial charge is 0.345 e. The third-order valence-electron chi connectivity index (χ3n) is 8.30. The fourth-order valence-corrected chi connectivity index (χ4v) is 6.46. The molecular weight excluding hydrogens is 524 g/mol. The molecule has 1 N–H and O–H groups in total. The number of likely N-dealkylation sites (tertiary alicyclic amines) is 2. The van der Waals surface area contributed by atoms with Crippen molar-refractivity contribution in [2.75, 3.05) is 32.4 Å². The maximum Gasteiger partial charge on any atom is 0.253 e. The zero-order valence-electron chi connectivity index (χ0n) is 22.8. The Kier molecular flexibility index (Phi) is 8.32. The molecule has 9 heteroatoms. The van der Waals surface area contributed by atoms with Crippen molar-refractivity contribution in [3.8, 4) is 0 Å². The molecule has 2 amide bonds. The van der Waals surface area contributed by atoms with E-state index in [1.807, 2.05) is 35.2 Å². The molecule has 8 nitrogen and oxygen atoms in total. The summed E-state index contributed by atoms with van der Waals surface area (Å²) in [7, 11) is -3.24. The van der Waals surface area contributed by atoms with Crippen molar-refractivity contribution in [2.24, 2.45) is 5.41 Å². The Morgan fingerprint density at radius 1 is 0.975 bits per heavy atom. The Morgan fingerprint density at radius 2 is 1.68 bits per heavy atom. The minimum absolute atomic E-state index is 0.123. The van der Waals surface area contributed by atoms with Crippen molar-refractivity contribution >= 4 is 21.7 Å². The first-order valence-corrected chi connectivity index (χ1v) is 15.7. The molecule has 2 aliphatic rings. The highest BCUT2D eigenvalue weighted by molar-refractivity contribution is 7.90. The number of aromatic nitrogens is 1. The van der Waals surface area contributed by atoms with Crippen LogP contribution in [0.4, 0.5) is 0 Å². The molecule has 2 aromatic carbocycles. The number of hydrogen-bond acceptors (Lipinski definition) is 6. The second kappa shape index (κ2) is 11.9. The van der Waals surface area contributed by atoms with E-state index in [0.717, 1.165) is 63.0 Å². The lowest BCUT2D eigenvalue weighted by molar-refractivity contribution is -0.138. The topological polar surface area (TPSA) is 99.7 Å². The Hall–Kier alpha value is -3.56. The van der Waals surface area contributed by atoms with E-state index in [1.165, 1.54) is 6.26 Å². The molecule has 0 aliphatic carbocycles. The number of nitrogens with one attached hydrogen (secondary N) is 1. The van der Waals surface area contributed by atoms with Crippen molar-refractivity contribution in [2.45, 2.75) is 43.2 Å². The highest BCUT2D eigenvalue weighted by atomic mass is 32.2. The van der Waals surface area contributed by atoms with Crippen LogP contribution in [0.25, 0.3) is 0 Å². The van der Waals surface area contributed by atoms with E-state index in [1.54, 1.807) is 48.8 Å². The highest BCUT2D eigenvalue weighted by Gasteiger charge is 2.47. The van der Waals surface area contributed by atoms with Crippen molar-refractivity contribution in [1.29, 1.82) is 0 Å². The standard InChI is InChI=1S/C31H36N4O4S/c1-40(38,39)27-11-9-24(10-12-27)23-35-21-16-31(30(35)37)14-19-34(20-15-31)18-13-28(25-6-3-2-4-7-25)33-29(36)26-8-5-17-32-22-26/h2-12,17,22,28H,13-16,18-21,23H2,1H3,(H,33,36)/t28-/m0/s1. The highest BCUT2D eigenvalue weighted by Crippen LogP contribution is 2.42. The maximum absolute atomic E-state index is 13.5. The van der Waals surface area contributed by atoms with Gasteiger partial charge < -0.3 is 15.1 Å². The van der Waals surface area contributed by atoms with Gasteiger partial charge in [-0.15, -0.1) is 0 Å². The Balaban J connectivity index is 1.16.